The van der Waals surface area contributed by atoms with Crippen molar-refractivity contribution in [2.24, 2.45) is 0 Å². The number of ether oxygens (including phenoxy) is 1. The van der Waals surface area contributed by atoms with Gasteiger partial charge in [0.05, 0.1) is 17.1 Å². The summed E-state index contributed by atoms with van der Waals surface area (Å²) >= 11 is 0. The van der Waals surface area contributed by atoms with Gasteiger partial charge in [0.15, 0.2) is 0 Å². The largest absolute Gasteiger partial charge is 0.371 e. The molecule has 0 unspecified atom stereocenters. The predicted octanol–water partition coefficient (Wildman–Crippen LogP) is 3.83. The third-order valence-corrected chi connectivity index (χ3v) is 7.63. The summed E-state index contributed by atoms with van der Waals surface area (Å²) in [7, 11) is -3.58. The molecule has 1 aliphatic heterocycles. The number of piperazine rings is 1. The van der Waals surface area contributed by atoms with Gasteiger partial charge in [-0.1, -0.05) is 36.4 Å². The van der Waals surface area contributed by atoms with Gasteiger partial charge in [0, 0.05) is 32.7 Å². The summed E-state index contributed by atoms with van der Waals surface area (Å²) in [5.74, 6) is 0. The summed E-state index contributed by atoms with van der Waals surface area (Å²) in [5, 5.41) is 2.95. The molecule has 0 spiro atoms. The van der Waals surface area contributed by atoms with Gasteiger partial charge in [-0.15, -0.1) is 0 Å². The highest BCUT2D eigenvalue weighted by Gasteiger charge is 2.31. The fraction of sp³-hybridized carbons (Fsp3) is 0.480. The Labute approximate surface area is 197 Å². The average Bonchev–Trinajstić information content (AvgIpc) is 2.77. The number of rotatable bonds is 6. The lowest BCUT2D eigenvalue weighted by Gasteiger charge is -2.34. The first kappa shape index (κ1) is 25.2. The smallest absolute Gasteiger partial charge is 0.317 e. The minimum atomic E-state index is -3.58. The number of carbonyl (C=O) groups excluding carboxylic acids is 1. The maximum atomic E-state index is 13.1. The van der Waals surface area contributed by atoms with Crippen LogP contribution in [0.3, 0.4) is 0 Å². The Morgan fingerprint density at radius 3 is 2.33 bits per heavy atom. The zero-order chi connectivity index (χ0) is 24.2. The molecule has 0 saturated carbocycles. The lowest BCUT2D eigenvalue weighted by atomic mass is 10.1. The molecule has 1 N–H and O–H groups in total. The second kappa shape index (κ2) is 10.2. The van der Waals surface area contributed by atoms with E-state index in [1.807, 2.05) is 64.1 Å². The molecule has 1 fully saturated rings. The Kier molecular flexibility index (Phi) is 7.82. The molecule has 8 heteroatoms. The monoisotopic (exact) mass is 473 g/mol. The van der Waals surface area contributed by atoms with Gasteiger partial charge in [-0.2, -0.15) is 4.31 Å². The van der Waals surface area contributed by atoms with Gasteiger partial charge < -0.3 is 15.0 Å². The molecule has 1 heterocycles. The number of urea groups is 1. The van der Waals surface area contributed by atoms with Gasteiger partial charge >= 0.3 is 6.03 Å². The first-order valence-electron chi connectivity index (χ1n) is 11.3. The van der Waals surface area contributed by atoms with Crippen molar-refractivity contribution in [1.82, 2.24) is 14.5 Å². The Balaban J connectivity index is 1.53. The summed E-state index contributed by atoms with van der Waals surface area (Å²) in [5.41, 5.74) is 3.48. The van der Waals surface area contributed by atoms with E-state index in [2.05, 4.69) is 5.32 Å². The van der Waals surface area contributed by atoms with E-state index in [9.17, 15) is 13.2 Å². The molecule has 0 aliphatic carbocycles. The lowest BCUT2D eigenvalue weighted by molar-refractivity contribution is -0.0149. The number of sulfonamides is 1. The zero-order valence-electron chi connectivity index (χ0n) is 20.2. The summed E-state index contributed by atoms with van der Waals surface area (Å²) < 4.78 is 33.5. The van der Waals surface area contributed by atoms with E-state index >= 15 is 0 Å². The molecular formula is C25H35N3O4S. The molecule has 0 aromatic heterocycles. The molecule has 0 radical (unpaired) electrons. The Morgan fingerprint density at radius 1 is 1.00 bits per heavy atom. The van der Waals surface area contributed by atoms with Crippen LogP contribution in [0.15, 0.2) is 47.4 Å². The molecule has 0 atom stereocenters. The van der Waals surface area contributed by atoms with Gasteiger partial charge in [-0.3, -0.25) is 0 Å². The van der Waals surface area contributed by atoms with Crippen molar-refractivity contribution in [2.45, 2.75) is 58.3 Å². The minimum absolute atomic E-state index is 0.185. The van der Waals surface area contributed by atoms with Crippen LogP contribution in [0.5, 0.6) is 0 Å². The third-order valence-electron chi connectivity index (χ3n) is 5.59. The van der Waals surface area contributed by atoms with Crippen molar-refractivity contribution in [3.63, 3.8) is 0 Å². The van der Waals surface area contributed by atoms with E-state index < -0.39 is 10.0 Å². The van der Waals surface area contributed by atoms with E-state index in [4.69, 9.17) is 4.74 Å². The maximum absolute atomic E-state index is 13.1. The second-order valence-corrected chi connectivity index (χ2v) is 11.4. The molecule has 0 bridgehead atoms. The third kappa shape index (κ3) is 6.79. The van der Waals surface area contributed by atoms with E-state index in [1.54, 1.807) is 17.9 Å². The highest BCUT2D eigenvalue weighted by atomic mass is 32.2. The van der Waals surface area contributed by atoms with Crippen molar-refractivity contribution in [3.8, 4) is 0 Å². The molecule has 2 aromatic rings. The van der Waals surface area contributed by atoms with Crippen LogP contribution in [-0.4, -0.2) is 55.4 Å². The van der Waals surface area contributed by atoms with E-state index in [0.29, 0.717) is 31.1 Å². The van der Waals surface area contributed by atoms with Crippen molar-refractivity contribution in [2.75, 3.05) is 26.2 Å². The number of aryl methyl sites for hydroxylation is 2. The van der Waals surface area contributed by atoms with E-state index in [1.165, 1.54) is 4.31 Å². The highest BCUT2D eigenvalue weighted by molar-refractivity contribution is 7.89. The minimum Gasteiger partial charge on any atom is -0.371 e. The summed E-state index contributed by atoms with van der Waals surface area (Å²) in [6, 6.07) is 13.2. The number of benzene rings is 2. The number of hydrogen-bond donors (Lipinski definition) is 1. The number of nitrogens with zero attached hydrogens (tertiary/aromatic N) is 2. The summed E-state index contributed by atoms with van der Waals surface area (Å²) in [6.07, 6.45) is 0. The van der Waals surface area contributed by atoms with Gasteiger partial charge in [0.25, 0.3) is 0 Å². The van der Waals surface area contributed by atoms with Crippen LogP contribution in [-0.2, 0) is 27.9 Å². The second-order valence-electron chi connectivity index (χ2n) is 9.54. The average molecular weight is 474 g/mol. The Bertz CT molecular complexity index is 1090. The molecule has 2 amide bonds. The Morgan fingerprint density at radius 2 is 1.67 bits per heavy atom. The molecule has 180 valence electrons. The standard InChI is InChI=1S/C25H35N3O4S/c1-19-9-10-20(2)23(15-19)33(30,31)28-13-11-27(12-14-28)24(29)26-17-21-7-6-8-22(16-21)18-32-25(3,4)5/h6-10,15-16H,11-14,17-18H2,1-5H3,(H,26,29). The molecule has 2 aromatic carbocycles. The molecule has 1 saturated heterocycles. The first-order chi connectivity index (χ1) is 15.5. The van der Waals surface area contributed by atoms with Crippen LogP contribution in [0.1, 0.15) is 43.0 Å². The number of nitrogens with one attached hydrogen (secondary N) is 1. The maximum Gasteiger partial charge on any atom is 0.317 e. The molecular weight excluding hydrogens is 438 g/mol. The molecule has 3 rings (SSSR count). The van der Waals surface area contributed by atoms with Crippen molar-refractivity contribution < 1.29 is 17.9 Å². The highest BCUT2D eigenvalue weighted by Crippen LogP contribution is 2.22. The van der Waals surface area contributed by atoms with Crippen molar-refractivity contribution >= 4 is 16.1 Å². The van der Waals surface area contributed by atoms with Gasteiger partial charge in [-0.05, 0) is 62.9 Å². The van der Waals surface area contributed by atoms with Crippen LogP contribution in [0.2, 0.25) is 0 Å². The van der Waals surface area contributed by atoms with Gasteiger partial charge in [0.1, 0.15) is 0 Å². The van der Waals surface area contributed by atoms with Crippen LogP contribution in [0, 0.1) is 13.8 Å². The van der Waals surface area contributed by atoms with Crippen LogP contribution < -0.4 is 5.32 Å². The normalized spacial score (nSPS) is 15.5. The summed E-state index contributed by atoms with van der Waals surface area (Å²) in [4.78, 5) is 14.7. The number of carbonyl (C=O) groups is 1. The number of hydrogen-bond acceptors (Lipinski definition) is 4. The molecule has 33 heavy (non-hydrogen) atoms. The number of amides is 2. The van der Waals surface area contributed by atoms with Gasteiger partial charge in [0.2, 0.25) is 10.0 Å². The van der Waals surface area contributed by atoms with Crippen LogP contribution in [0.4, 0.5) is 4.79 Å². The fourth-order valence-corrected chi connectivity index (χ4v) is 5.41. The van der Waals surface area contributed by atoms with Crippen LogP contribution in [0.25, 0.3) is 0 Å². The van der Waals surface area contributed by atoms with Crippen molar-refractivity contribution in [3.05, 3.63) is 64.7 Å². The molecule has 7 nitrogen and oxygen atoms in total. The predicted molar refractivity (Wildman–Crippen MR) is 129 cm³/mol. The van der Waals surface area contributed by atoms with Crippen molar-refractivity contribution in [1.29, 1.82) is 0 Å². The zero-order valence-corrected chi connectivity index (χ0v) is 21.0. The lowest BCUT2D eigenvalue weighted by Crippen LogP contribution is -2.53. The molecule has 1 aliphatic rings. The van der Waals surface area contributed by atoms with E-state index in [-0.39, 0.29) is 24.7 Å². The first-order valence-corrected chi connectivity index (χ1v) is 12.7. The SMILES string of the molecule is Cc1ccc(C)c(S(=O)(=O)N2CCN(C(=O)NCc3cccc(COC(C)(C)C)c3)CC2)c1. The quantitative estimate of drug-likeness (QED) is 0.692. The Hall–Kier alpha value is -2.42. The topological polar surface area (TPSA) is 79.0 Å². The van der Waals surface area contributed by atoms with Gasteiger partial charge in [-0.25, -0.2) is 13.2 Å². The summed E-state index contributed by atoms with van der Waals surface area (Å²) in [6.45, 7) is 11.9. The van der Waals surface area contributed by atoms with Crippen LogP contribution >= 0.6 is 0 Å². The fourth-order valence-electron chi connectivity index (χ4n) is 3.67. The van der Waals surface area contributed by atoms with E-state index in [0.717, 1.165) is 22.3 Å².